The minimum Gasteiger partial charge on any atom is -0.481 e. The quantitative estimate of drug-likeness (QED) is 0.738. The zero-order valence-corrected chi connectivity index (χ0v) is 9.14. The molecule has 6 heteroatoms. The van der Waals surface area contributed by atoms with Crippen LogP contribution in [0.5, 0.6) is 0 Å². The summed E-state index contributed by atoms with van der Waals surface area (Å²) in [4.78, 5) is 25.9. The molecule has 0 saturated carbocycles. The predicted molar refractivity (Wildman–Crippen MR) is 59.5 cm³/mol. The average molecular weight is 225 g/mol. The summed E-state index contributed by atoms with van der Waals surface area (Å²) in [5.41, 5.74) is -0.213. The van der Waals surface area contributed by atoms with Crippen LogP contribution in [0, 0.1) is 0 Å². The van der Waals surface area contributed by atoms with Crippen molar-refractivity contribution in [2.24, 2.45) is 0 Å². The van der Waals surface area contributed by atoms with Gasteiger partial charge in [-0.3, -0.25) is 9.59 Å². The number of carbonyl (C=O) groups is 1. The monoisotopic (exact) mass is 225 g/mol. The summed E-state index contributed by atoms with van der Waals surface area (Å²) < 4.78 is 1.55. The Morgan fingerprint density at radius 3 is 3.00 bits per heavy atom. The lowest BCUT2D eigenvalue weighted by Gasteiger charge is -2.06. The minimum atomic E-state index is -0.905. The molecule has 0 saturated heterocycles. The van der Waals surface area contributed by atoms with Crippen molar-refractivity contribution < 1.29 is 9.90 Å². The standard InChI is InChI=1S/C10H15N3O3/c1-2-6-13-7-5-12-9(10(13)16)11-4-3-8(14)15/h5,7H,2-4,6H2,1H3,(H,11,12)(H,14,15). The van der Waals surface area contributed by atoms with Crippen LogP contribution in [0.25, 0.3) is 0 Å². The molecular formula is C10H15N3O3. The number of aliphatic carboxylic acids is 1. The third-order valence-corrected chi connectivity index (χ3v) is 2.01. The summed E-state index contributed by atoms with van der Waals surface area (Å²) >= 11 is 0. The molecule has 1 aromatic rings. The highest BCUT2D eigenvalue weighted by atomic mass is 16.4. The fraction of sp³-hybridized carbons (Fsp3) is 0.500. The summed E-state index contributed by atoms with van der Waals surface area (Å²) in [5, 5.41) is 11.2. The van der Waals surface area contributed by atoms with Gasteiger partial charge in [0.25, 0.3) is 5.56 Å². The van der Waals surface area contributed by atoms with Gasteiger partial charge >= 0.3 is 5.97 Å². The number of hydrogen-bond acceptors (Lipinski definition) is 4. The van der Waals surface area contributed by atoms with E-state index in [-0.39, 0.29) is 24.3 Å². The minimum absolute atomic E-state index is 0.0379. The molecular weight excluding hydrogens is 210 g/mol. The Balaban J connectivity index is 2.69. The SMILES string of the molecule is CCCn1ccnc(NCCC(=O)O)c1=O. The number of nitrogens with zero attached hydrogens (tertiary/aromatic N) is 2. The fourth-order valence-electron chi connectivity index (χ4n) is 1.27. The van der Waals surface area contributed by atoms with Gasteiger partial charge < -0.3 is 15.0 Å². The molecule has 0 unspecified atom stereocenters. The van der Waals surface area contributed by atoms with Crippen LogP contribution in [0.1, 0.15) is 19.8 Å². The van der Waals surface area contributed by atoms with Gasteiger partial charge in [-0.15, -0.1) is 0 Å². The van der Waals surface area contributed by atoms with Gasteiger partial charge in [0.1, 0.15) is 0 Å². The normalized spacial score (nSPS) is 10.1. The first-order valence-electron chi connectivity index (χ1n) is 5.16. The number of nitrogens with one attached hydrogen (secondary N) is 1. The molecule has 0 atom stereocenters. The Kier molecular flexibility index (Phi) is 4.50. The lowest BCUT2D eigenvalue weighted by Crippen LogP contribution is -2.25. The number of carboxylic acid groups (broad SMARTS) is 1. The molecule has 1 rings (SSSR count). The maximum absolute atomic E-state index is 11.7. The molecule has 6 nitrogen and oxygen atoms in total. The molecule has 88 valence electrons. The molecule has 2 N–H and O–H groups in total. The van der Waals surface area contributed by atoms with E-state index >= 15 is 0 Å². The number of hydrogen-bond donors (Lipinski definition) is 2. The number of anilines is 1. The molecule has 0 fully saturated rings. The van der Waals surface area contributed by atoms with Gasteiger partial charge in [0.2, 0.25) is 0 Å². The van der Waals surface area contributed by atoms with Crippen LogP contribution in [-0.2, 0) is 11.3 Å². The molecule has 1 aromatic heterocycles. The zero-order valence-electron chi connectivity index (χ0n) is 9.14. The van der Waals surface area contributed by atoms with Crippen molar-refractivity contribution in [3.8, 4) is 0 Å². The van der Waals surface area contributed by atoms with Crippen molar-refractivity contribution >= 4 is 11.8 Å². The van der Waals surface area contributed by atoms with Crippen LogP contribution in [0.2, 0.25) is 0 Å². The van der Waals surface area contributed by atoms with Gasteiger partial charge in [-0.1, -0.05) is 6.92 Å². The average Bonchev–Trinajstić information content (AvgIpc) is 2.23. The molecule has 1 heterocycles. The highest BCUT2D eigenvalue weighted by Gasteiger charge is 2.04. The van der Waals surface area contributed by atoms with E-state index in [0.29, 0.717) is 6.54 Å². The second-order valence-corrected chi connectivity index (χ2v) is 3.34. The second kappa shape index (κ2) is 5.89. The maximum atomic E-state index is 11.7. The molecule has 0 aromatic carbocycles. The summed E-state index contributed by atoms with van der Waals surface area (Å²) in [6.07, 6.45) is 3.97. The fourth-order valence-corrected chi connectivity index (χ4v) is 1.27. The van der Waals surface area contributed by atoms with E-state index < -0.39 is 5.97 Å². The highest BCUT2D eigenvalue weighted by Crippen LogP contribution is 1.94. The van der Waals surface area contributed by atoms with Crippen molar-refractivity contribution in [1.29, 1.82) is 0 Å². The van der Waals surface area contributed by atoms with Gasteiger partial charge in [0.05, 0.1) is 6.42 Å². The Bertz CT molecular complexity index is 414. The molecule has 16 heavy (non-hydrogen) atoms. The number of aryl methyl sites for hydroxylation is 1. The first kappa shape index (κ1) is 12.2. The Morgan fingerprint density at radius 2 is 2.38 bits per heavy atom. The van der Waals surface area contributed by atoms with Crippen LogP contribution in [-0.4, -0.2) is 27.2 Å². The van der Waals surface area contributed by atoms with Crippen LogP contribution in [0.3, 0.4) is 0 Å². The van der Waals surface area contributed by atoms with E-state index in [2.05, 4.69) is 10.3 Å². The second-order valence-electron chi connectivity index (χ2n) is 3.34. The first-order valence-corrected chi connectivity index (χ1v) is 5.16. The van der Waals surface area contributed by atoms with Gasteiger partial charge in [-0.05, 0) is 6.42 Å². The first-order chi connectivity index (χ1) is 7.65. The topological polar surface area (TPSA) is 84.2 Å². The van der Waals surface area contributed by atoms with E-state index in [9.17, 15) is 9.59 Å². The Morgan fingerprint density at radius 1 is 1.62 bits per heavy atom. The lowest BCUT2D eigenvalue weighted by molar-refractivity contribution is -0.136. The number of carboxylic acids is 1. The van der Waals surface area contributed by atoms with E-state index in [4.69, 9.17) is 5.11 Å². The van der Waals surface area contributed by atoms with Crippen molar-refractivity contribution in [3.63, 3.8) is 0 Å². The van der Waals surface area contributed by atoms with E-state index in [0.717, 1.165) is 6.42 Å². The maximum Gasteiger partial charge on any atom is 0.305 e. The van der Waals surface area contributed by atoms with Crippen molar-refractivity contribution in [2.45, 2.75) is 26.3 Å². The van der Waals surface area contributed by atoms with E-state index in [1.165, 1.54) is 6.20 Å². The largest absolute Gasteiger partial charge is 0.481 e. The van der Waals surface area contributed by atoms with Gasteiger partial charge in [0.15, 0.2) is 5.82 Å². The van der Waals surface area contributed by atoms with Crippen LogP contribution in [0.4, 0.5) is 5.82 Å². The summed E-state index contributed by atoms with van der Waals surface area (Å²) in [5.74, 6) is -0.700. The predicted octanol–water partition coefficient (Wildman–Crippen LogP) is 0.540. The van der Waals surface area contributed by atoms with Crippen LogP contribution >= 0.6 is 0 Å². The third kappa shape index (κ3) is 3.38. The van der Waals surface area contributed by atoms with Crippen LogP contribution < -0.4 is 10.9 Å². The van der Waals surface area contributed by atoms with Crippen molar-refractivity contribution in [1.82, 2.24) is 9.55 Å². The van der Waals surface area contributed by atoms with Gasteiger partial charge in [-0.2, -0.15) is 0 Å². The number of rotatable bonds is 6. The van der Waals surface area contributed by atoms with E-state index in [1.807, 2.05) is 6.92 Å². The Labute approximate surface area is 92.9 Å². The smallest absolute Gasteiger partial charge is 0.305 e. The molecule has 0 amide bonds. The molecule has 0 radical (unpaired) electrons. The molecule has 0 spiro atoms. The third-order valence-electron chi connectivity index (χ3n) is 2.01. The van der Waals surface area contributed by atoms with Gasteiger partial charge in [0, 0.05) is 25.5 Å². The van der Waals surface area contributed by atoms with Crippen molar-refractivity contribution in [2.75, 3.05) is 11.9 Å². The van der Waals surface area contributed by atoms with Crippen molar-refractivity contribution in [3.05, 3.63) is 22.7 Å². The van der Waals surface area contributed by atoms with E-state index in [1.54, 1.807) is 10.8 Å². The molecule has 0 aliphatic heterocycles. The molecule has 0 aliphatic rings. The summed E-state index contributed by atoms with van der Waals surface area (Å²) in [6, 6.07) is 0. The number of aromatic nitrogens is 2. The lowest BCUT2D eigenvalue weighted by atomic mass is 10.4. The molecule has 0 aliphatic carbocycles. The summed E-state index contributed by atoms with van der Waals surface area (Å²) in [7, 11) is 0. The zero-order chi connectivity index (χ0) is 12.0. The molecule has 0 bridgehead atoms. The highest BCUT2D eigenvalue weighted by molar-refractivity contribution is 5.67. The summed E-state index contributed by atoms with van der Waals surface area (Å²) in [6.45, 7) is 2.81. The van der Waals surface area contributed by atoms with Crippen LogP contribution in [0.15, 0.2) is 17.2 Å². The Hall–Kier alpha value is -1.85. The van der Waals surface area contributed by atoms with Gasteiger partial charge in [-0.25, -0.2) is 4.98 Å².